The first-order chi connectivity index (χ1) is 6.65. The maximum Gasteiger partial charge on any atom is 0.108 e. The molecule has 1 heterocycles. The van der Waals surface area contributed by atoms with E-state index >= 15 is 0 Å². The minimum Gasteiger partial charge on any atom is -0.342 e. The number of benzene rings is 1. The summed E-state index contributed by atoms with van der Waals surface area (Å²) in [7, 11) is 0. The van der Waals surface area contributed by atoms with Crippen LogP contribution in [0.5, 0.6) is 0 Å². The van der Waals surface area contributed by atoms with Gasteiger partial charge in [-0.3, -0.25) is 0 Å². The number of hydrogen-bond acceptors (Lipinski definition) is 1. The second-order valence-corrected chi connectivity index (χ2v) is 4.51. The number of nitrogens with one attached hydrogen (secondary N) is 1. The Hall–Kier alpha value is -0.730. The number of halogens is 2. The fourth-order valence-electron chi connectivity index (χ4n) is 1.40. The maximum absolute atomic E-state index is 5.89. The minimum absolute atomic E-state index is 0.0889. The molecule has 0 saturated carbocycles. The van der Waals surface area contributed by atoms with Gasteiger partial charge in [-0.2, -0.15) is 0 Å². The molecule has 0 bridgehead atoms. The van der Waals surface area contributed by atoms with Crippen molar-refractivity contribution in [1.29, 1.82) is 0 Å². The summed E-state index contributed by atoms with van der Waals surface area (Å²) < 4.78 is 0. The Labute approximate surface area is 92.2 Å². The van der Waals surface area contributed by atoms with Crippen molar-refractivity contribution in [1.82, 2.24) is 9.97 Å². The van der Waals surface area contributed by atoms with Gasteiger partial charge in [-0.1, -0.05) is 11.6 Å². The summed E-state index contributed by atoms with van der Waals surface area (Å²) in [5.74, 6) is 0.907. The molecule has 0 fully saturated rings. The van der Waals surface area contributed by atoms with E-state index in [9.17, 15) is 0 Å². The summed E-state index contributed by atoms with van der Waals surface area (Å²) in [6.07, 6.45) is 0.744. The van der Waals surface area contributed by atoms with Crippen LogP contribution in [0.3, 0.4) is 0 Å². The van der Waals surface area contributed by atoms with Crippen molar-refractivity contribution in [3.8, 4) is 0 Å². The van der Waals surface area contributed by atoms with E-state index in [2.05, 4.69) is 9.97 Å². The smallest absolute Gasteiger partial charge is 0.108 e. The lowest BCUT2D eigenvalue weighted by Crippen LogP contribution is -1.98. The molecule has 1 atom stereocenters. The van der Waals surface area contributed by atoms with Gasteiger partial charge >= 0.3 is 0 Å². The van der Waals surface area contributed by atoms with Crippen LogP contribution in [0.2, 0.25) is 5.02 Å². The molecule has 0 aliphatic rings. The fourth-order valence-corrected chi connectivity index (χ4v) is 1.72. The van der Waals surface area contributed by atoms with Gasteiger partial charge in [0.25, 0.3) is 0 Å². The fraction of sp³-hybridized carbons (Fsp3) is 0.300. The summed E-state index contributed by atoms with van der Waals surface area (Å²) in [5, 5.41) is 0.803. The second-order valence-electron chi connectivity index (χ2n) is 3.33. The third-order valence-electron chi connectivity index (χ3n) is 1.97. The Morgan fingerprint density at radius 1 is 1.50 bits per heavy atom. The van der Waals surface area contributed by atoms with Crippen molar-refractivity contribution in [3.05, 3.63) is 29.0 Å². The highest BCUT2D eigenvalue weighted by Gasteiger charge is 2.05. The van der Waals surface area contributed by atoms with Gasteiger partial charge < -0.3 is 4.98 Å². The molecular weight excluding hydrogens is 219 g/mol. The van der Waals surface area contributed by atoms with Crippen molar-refractivity contribution in [2.24, 2.45) is 0 Å². The van der Waals surface area contributed by atoms with Crippen LogP contribution in [0.25, 0.3) is 11.0 Å². The third-order valence-corrected chi connectivity index (χ3v) is 2.36. The molecule has 1 unspecified atom stereocenters. The largest absolute Gasteiger partial charge is 0.342 e. The lowest BCUT2D eigenvalue weighted by molar-refractivity contribution is 0.870. The quantitative estimate of drug-likeness (QED) is 0.785. The van der Waals surface area contributed by atoms with Gasteiger partial charge in [-0.15, -0.1) is 11.6 Å². The van der Waals surface area contributed by atoms with E-state index in [1.807, 2.05) is 25.1 Å². The summed E-state index contributed by atoms with van der Waals surface area (Å²) in [5.41, 5.74) is 1.89. The first-order valence-corrected chi connectivity index (χ1v) is 5.25. The number of imidazole rings is 1. The van der Waals surface area contributed by atoms with E-state index < -0.39 is 0 Å². The molecule has 0 amide bonds. The second kappa shape index (κ2) is 3.79. The van der Waals surface area contributed by atoms with E-state index in [1.165, 1.54) is 0 Å². The molecule has 0 aliphatic heterocycles. The van der Waals surface area contributed by atoms with Gasteiger partial charge in [0.15, 0.2) is 0 Å². The minimum atomic E-state index is 0.0889. The number of aromatic amines is 1. The van der Waals surface area contributed by atoms with E-state index in [4.69, 9.17) is 23.2 Å². The van der Waals surface area contributed by atoms with E-state index in [1.54, 1.807) is 0 Å². The van der Waals surface area contributed by atoms with E-state index in [0.29, 0.717) is 5.02 Å². The molecule has 1 N–H and O–H groups in total. The van der Waals surface area contributed by atoms with Gasteiger partial charge in [0.1, 0.15) is 5.82 Å². The zero-order valence-corrected chi connectivity index (χ0v) is 9.23. The number of rotatable bonds is 2. The average molecular weight is 229 g/mol. The number of alkyl halides is 1. The van der Waals surface area contributed by atoms with Crippen molar-refractivity contribution >= 4 is 34.2 Å². The first kappa shape index (κ1) is 9.81. The molecule has 0 radical (unpaired) electrons. The van der Waals surface area contributed by atoms with Gasteiger partial charge in [0.2, 0.25) is 0 Å². The highest BCUT2D eigenvalue weighted by molar-refractivity contribution is 6.31. The topological polar surface area (TPSA) is 28.7 Å². The Kier molecular flexibility index (Phi) is 2.66. The number of fused-ring (bicyclic) bond motifs is 1. The SMILES string of the molecule is CC(Cl)Cc1nc2ccc(Cl)cc2[nH]1. The molecule has 0 aliphatic carbocycles. The Morgan fingerprint density at radius 2 is 2.29 bits per heavy atom. The molecule has 0 saturated heterocycles. The maximum atomic E-state index is 5.89. The standard InChI is InChI=1S/C10H10Cl2N2/c1-6(11)4-10-13-8-3-2-7(12)5-9(8)14-10/h2-3,5-6H,4H2,1H3,(H,13,14). The van der Waals surface area contributed by atoms with Crippen LogP contribution < -0.4 is 0 Å². The molecule has 0 spiro atoms. The summed E-state index contributed by atoms with van der Waals surface area (Å²) in [4.78, 5) is 7.58. The third kappa shape index (κ3) is 2.02. The Balaban J connectivity index is 2.41. The summed E-state index contributed by atoms with van der Waals surface area (Å²) >= 11 is 11.7. The average Bonchev–Trinajstić information content (AvgIpc) is 2.44. The summed E-state index contributed by atoms with van der Waals surface area (Å²) in [6, 6.07) is 5.60. The lowest BCUT2D eigenvalue weighted by Gasteiger charge is -1.96. The first-order valence-electron chi connectivity index (χ1n) is 4.43. The molecule has 14 heavy (non-hydrogen) atoms. The lowest BCUT2D eigenvalue weighted by atomic mass is 10.3. The molecule has 2 rings (SSSR count). The molecule has 1 aromatic carbocycles. The number of nitrogens with zero attached hydrogens (tertiary/aromatic N) is 1. The highest BCUT2D eigenvalue weighted by atomic mass is 35.5. The van der Waals surface area contributed by atoms with Crippen LogP contribution in [-0.4, -0.2) is 15.3 Å². The van der Waals surface area contributed by atoms with E-state index in [0.717, 1.165) is 23.3 Å². The van der Waals surface area contributed by atoms with Gasteiger partial charge in [0, 0.05) is 16.8 Å². The van der Waals surface area contributed by atoms with Crippen molar-refractivity contribution < 1.29 is 0 Å². The molecule has 2 nitrogen and oxygen atoms in total. The monoisotopic (exact) mass is 228 g/mol. The van der Waals surface area contributed by atoms with Crippen LogP contribution >= 0.6 is 23.2 Å². The van der Waals surface area contributed by atoms with Gasteiger partial charge in [0.05, 0.1) is 11.0 Å². The van der Waals surface area contributed by atoms with Crippen molar-refractivity contribution in [2.75, 3.05) is 0 Å². The molecule has 74 valence electrons. The number of aromatic nitrogens is 2. The van der Waals surface area contributed by atoms with Crippen molar-refractivity contribution in [2.45, 2.75) is 18.7 Å². The van der Waals surface area contributed by atoms with E-state index in [-0.39, 0.29) is 5.38 Å². The number of hydrogen-bond donors (Lipinski definition) is 1. The highest BCUT2D eigenvalue weighted by Crippen LogP contribution is 2.18. The predicted octanol–water partition coefficient (Wildman–Crippen LogP) is 3.39. The zero-order chi connectivity index (χ0) is 10.1. The summed E-state index contributed by atoms with van der Waals surface area (Å²) in [6.45, 7) is 1.95. The Morgan fingerprint density at radius 3 is 3.00 bits per heavy atom. The predicted molar refractivity (Wildman–Crippen MR) is 60.1 cm³/mol. The number of H-pyrrole nitrogens is 1. The molecule has 4 heteroatoms. The van der Waals surface area contributed by atoms with Crippen LogP contribution in [0.1, 0.15) is 12.7 Å². The Bertz CT molecular complexity index is 448. The van der Waals surface area contributed by atoms with Crippen LogP contribution in [-0.2, 0) is 6.42 Å². The molecule has 1 aromatic heterocycles. The van der Waals surface area contributed by atoms with Crippen LogP contribution in [0.15, 0.2) is 18.2 Å². The van der Waals surface area contributed by atoms with Gasteiger partial charge in [-0.05, 0) is 25.1 Å². The van der Waals surface area contributed by atoms with Crippen LogP contribution in [0.4, 0.5) is 0 Å². The zero-order valence-electron chi connectivity index (χ0n) is 7.72. The molecule has 2 aromatic rings. The van der Waals surface area contributed by atoms with Gasteiger partial charge in [-0.25, -0.2) is 4.98 Å². The molecular formula is C10H10Cl2N2. The van der Waals surface area contributed by atoms with Crippen LogP contribution in [0, 0.1) is 0 Å². The normalized spacial score (nSPS) is 13.4. The van der Waals surface area contributed by atoms with Crippen molar-refractivity contribution in [3.63, 3.8) is 0 Å².